The summed E-state index contributed by atoms with van der Waals surface area (Å²) in [6.07, 6.45) is 0. The molecule has 0 amide bonds. The lowest BCUT2D eigenvalue weighted by Gasteiger charge is -2.13. The molecule has 37 heavy (non-hydrogen) atoms. The molecule has 0 fully saturated rings. The van der Waals surface area contributed by atoms with Gasteiger partial charge in [0.15, 0.2) is 5.82 Å². The van der Waals surface area contributed by atoms with Gasteiger partial charge < -0.3 is 0 Å². The van der Waals surface area contributed by atoms with Crippen molar-refractivity contribution in [3.05, 3.63) is 133 Å². The molecule has 0 saturated heterocycles. The minimum Gasteiger partial charge on any atom is -0.249 e. The van der Waals surface area contributed by atoms with Gasteiger partial charge in [0.1, 0.15) is 5.82 Å². The summed E-state index contributed by atoms with van der Waals surface area (Å²) in [6.45, 7) is 1.92. The Bertz CT molecular complexity index is 1620. The monoisotopic (exact) mass is 477 g/mol. The highest BCUT2D eigenvalue weighted by molar-refractivity contribution is 5.83. The maximum absolute atomic E-state index is 4.61. The molecule has 0 saturated carbocycles. The summed E-state index contributed by atoms with van der Waals surface area (Å²) < 4.78 is 1.84. The molecule has 0 aliphatic heterocycles. The van der Waals surface area contributed by atoms with Gasteiger partial charge >= 0.3 is 0 Å². The fourth-order valence-corrected chi connectivity index (χ4v) is 4.87. The standard InChI is InChI=1S/C34H27N3/c1-24-35-34(37(2)36-24)30-18-10-16-28(20-30)27-15-9-17-29(19-27)33-22-31(25-11-5-3-6-12-25)21-32(23-33)26-13-7-4-8-14-26/h3-23H,1-2H3. The van der Waals surface area contributed by atoms with Crippen LogP contribution in [0, 0.1) is 6.92 Å². The predicted octanol–water partition coefficient (Wildman–Crippen LogP) is 8.46. The maximum Gasteiger partial charge on any atom is 0.158 e. The molecule has 1 heterocycles. The van der Waals surface area contributed by atoms with Crippen molar-refractivity contribution in [3.63, 3.8) is 0 Å². The van der Waals surface area contributed by atoms with Crippen molar-refractivity contribution in [3.8, 4) is 55.9 Å². The highest BCUT2D eigenvalue weighted by Crippen LogP contribution is 2.35. The highest BCUT2D eigenvalue weighted by Gasteiger charge is 2.11. The third-order valence-electron chi connectivity index (χ3n) is 6.67. The van der Waals surface area contributed by atoms with E-state index < -0.39 is 0 Å². The van der Waals surface area contributed by atoms with Crippen LogP contribution in [0.15, 0.2) is 127 Å². The van der Waals surface area contributed by atoms with Crippen molar-refractivity contribution in [2.24, 2.45) is 7.05 Å². The Morgan fingerprint density at radius 1 is 0.432 bits per heavy atom. The fourth-order valence-electron chi connectivity index (χ4n) is 4.87. The molecular weight excluding hydrogens is 450 g/mol. The number of rotatable bonds is 5. The van der Waals surface area contributed by atoms with Gasteiger partial charge in [-0.15, -0.1) is 0 Å². The van der Waals surface area contributed by atoms with Gasteiger partial charge in [0.2, 0.25) is 0 Å². The number of aromatic nitrogens is 3. The van der Waals surface area contributed by atoms with Gasteiger partial charge in [0.05, 0.1) is 0 Å². The van der Waals surface area contributed by atoms with E-state index in [0.29, 0.717) is 0 Å². The van der Waals surface area contributed by atoms with Crippen LogP contribution in [0.5, 0.6) is 0 Å². The zero-order chi connectivity index (χ0) is 25.2. The number of nitrogens with zero attached hydrogens (tertiary/aromatic N) is 3. The Kier molecular flexibility index (Phi) is 5.95. The topological polar surface area (TPSA) is 30.7 Å². The molecule has 0 aliphatic rings. The first-order valence-corrected chi connectivity index (χ1v) is 12.5. The zero-order valence-electron chi connectivity index (χ0n) is 21.0. The molecule has 0 spiro atoms. The van der Waals surface area contributed by atoms with E-state index in [1.54, 1.807) is 0 Å². The molecule has 6 rings (SSSR count). The second kappa shape index (κ2) is 9.71. The van der Waals surface area contributed by atoms with Gasteiger partial charge in [-0.05, 0) is 81.8 Å². The lowest BCUT2D eigenvalue weighted by molar-refractivity contribution is 0.764. The molecule has 3 heteroatoms. The second-order valence-corrected chi connectivity index (χ2v) is 9.30. The van der Waals surface area contributed by atoms with E-state index in [1.807, 2.05) is 18.7 Å². The molecule has 0 unspecified atom stereocenters. The van der Waals surface area contributed by atoms with E-state index in [2.05, 4.69) is 137 Å². The third-order valence-corrected chi connectivity index (χ3v) is 6.67. The van der Waals surface area contributed by atoms with Crippen LogP contribution in [0.25, 0.3) is 55.9 Å². The Balaban J connectivity index is 1.45. The normalized spacial score (nSPS) is 11.0. The summed E-state index contributed by atoms with van der Waals surface area (Å²) in [6, 6.07) is 45.3. The second-order valence-electron chi connectivity index (χ2n) is 9.30. The van der Waals surface area contributed by atoms with Gasteiger partial charge in [-0.25, -0.2) is 9.67 Å². The van der Waals surface area contributed by atoms with Gasteiger partial charge in [-0.1, -0.05) is 97.1 Å². The average Bonchev–Trinajstić information content (AvgIpc) is 3.31. The summed E-state index contributed by atoms with van der Waals surface area (Å²) in [7, 11) is 1.94. The van der Waals surface area contributed by atoms with E-state index in [0.717, 1.165) is 22.8 Å². The van der Waals surface area contributed by atoms with Crippen molar-refractivity contribution < 1.29 is 0 Å². The zero-order valence-corrected chi connectivity index (χ0v) is 21.0. The lowest BCUT2D eigenvalue weighted by atomic mass is 9.92. The summed E-state index contributed by atoms with van der Waals surface area (Å²) >= 11 is 0. The van der Waals surface area contributed by atoms with E-state index >= 15 is 0 Å². The Morgan fingerprint density at radius 3 is 1.30 bits per heavy atom. The van der Waals surface area contributed by atoms with E-state index in [1.165, 1.54) is 38.9 Å². The van der Waals surface area contributed by atoms with Crippen molar-refractivity contribution in [2.75, 3.05) is 0 Å². The molecule has 1 aromatic heterocycles. The van der Waals surface area contributed by atoms with Crippen molar-refractivity contribution in [2.45, 2.75) is 6.92 Å². The summed E-state index contributed by atoms with van der Waals surface area (Å²) in [5, 5.41) is 4.42. The molecule has 0 bridgehead atoms. The van der Waals surface area contributed by atoms with Crippen molar-refractivity contribution in [1.29, 1.82) is 0 Å². The molecule has 0 N–H and O–H groups in total. The van der Waals surface area contributed by atoms with E-state index in [4.69, 9.17) is 0 Å². The Hall–Kier alpha value is -4.76. The average molecular weight is 478 g/mol. The molecule has 6 aromatic rings. The van der Waals surface area contributed by atoms with Gasteiger partial charge in [-0.2, -0.15) is 5.10 Å². The van der Waals surface area contributed by atoms with Crippen LogP contribution in [0.2, 0.25) is 0 Å². The number of benzene rings is 5. The van der Waals surface area contributed by atoms with Crippen LogP contribution >= 0.6 is 0 Å². The number of aryl methyl sites for hydroxylation is 2. The minimum absolute atomic E-state index is 0.775. The smallest absolute Gasteiger partial charge is 0.158 e. The Labute approximate surface area is 217 Å². The van der Waals surface area contributed by atoms with Crippen LogP contribution in [0.1, 0.15) is 5.82 Å². The highest BCUT2D eigenvalue weighted by atomic mass is 15.3. The van der Waals surface area contributed by atoms with Crippen LogP contribution < -0.4 is 0 Å². The van der Waals surface area contributed by atoms with Gasteiger partial charge in [0, 0.05) is 12.6 Å². The minimum atomic E-state index is 0.775. The quantitative estimate of drug-likeness (QED) is 0.249. The van der Waals surface area contributed by atoms with Crippen LogP contribution in [0.3, 0.4) is 0 Å². The predicted molar refractivity (Wildman–Crippen MR) is 153 cm³/mol. The van der Waals surface area contributed by atoms with Crippen LogP contribution in [-0.2, 0) is 7.05 Å². The largest absolute Gasteiger partial charge is 0.249 e. The van der Waals surface area contributed by atoms with Gasteiger partial charge in [0.25, 0.3) is 0 Å². The van der Waals surface area contributed by atoms with Crippen molar-refractivity contribution in [1.82, 2.24) is 14.8 Å². The molecule has 3 nitrogen and oxygen atoms in total. The van der Waals surface area contributed by atoms with Crippen molar-refractivity contribution >= 4 is 0 Å². The van der Waals surface area contributed by atoms with Crippen LogP contribution in [0.4, 0.5) is 0 Å². The first-order chi connectivity index (χ1) is 18.1. The third kappa shape index (κ3) is 4.72. The summed E-state index contributed by atoms with van der Waals surface area (Å²) in [4.78, 5) is 4.61. The van der Waals surface area contributed by atoms with Crippen LogP contribution in [-0.4, -0.2) is 14.8 Å². The number of hydrogen-bond acceptors (Lipinski definition) is 2. The molecule has 0 radical (unpaired) electrons. The molecular formula is C34H27N3. The molecule has 0 aliphatic carbocycles. The van der Waals surface area contributed by atoms with E-state index in [-0.39, 0.29) is 0 Å². The first kappa shape index (κ1) is 22.7. The maximum atomic E-state index is 4.61. The molecule has 178 valence electrons. The van der Waals surface area contributed by atoms with Gasteiger partial charge in [-0.3, -0.25) is 0 Å². The lowest BCUT2D eigenvalue weighted by Crippen LogP contribution is -1.94. The van der Waals surface area contributed by atoms with E-state index in [9.17, 15) is 0 Å². The molecule has 0 atom stereocenters. The summed E-state index contributed by atoms with van der Waals surface area (Å²) in [5.41, 5.74) is 10.6. The number of hydrogen-bond donors (Lipinski definition) is 0. The summed E-state index contributed by atoms with van der Waals surface area (Å²) in [5.74, 6) is 1.65. The SMILES string of the molecule is Cc1nc(-c2cccc(-c3cccc(-c4cc(-c5ccccc5)cc(-c5ccccc5)c4)c3)c2)n(C)n1. The first-order valence-electron chi connectivity index (χ1n) is 12.5. The molecule has 5 aromatic carbocycles. The fraction of sp³-hybridized carbons (Fsp3) is 0.0588. The Morgan fingerprint density at radius 2 is 0.811 bits per heavy atom.